The van der Waals surface area contributed by atoms with E-state index in [-0.39, 0.29) is 16.6 Å². The molecule has 1 unspecified atom stereocenters. The molecular weight excluding hydrogens is 358 g/mol. The maximum Gasteiger partial charge on any atom is 0.290 e. The third kappa shape index (κ3) is 4.90. The second kappa shape index (κ2) is 7.68. The van der Waals surface area contributed by atoms with Crippen LogP contribution < -0.4 is 0 Å². The fourth-order valence-corrected chi connectivity index (χ4v) is 6.44. The van der Waals surface area contributed by atoms with Gasteiger partial charge in [0, 0.05) is 4.90 Å². The number of hydrogen-bond donors (Lipinski definition) is 1. The average molecular weight is 382 g/mol. The van der Waals surface area contributed by atoms with Crippen molar-refractivity contribution in [1.29, 1.82) is 0 Å². The maximum absolute atomic E-state index is 13.5. The molecule has 0 amide bonds. The third-order valence-electron chi connectivity index (χ3n) is 3.82. The van der Waals surface area contributed by atoms with E-state index in [1.807, 2.05) is 6.92 Å². The molecule has 136 valence electrons. The average Bonchev–Trinajstić information content (AvgIpc) is 2.55. The van der Waals surface area contributed by atoms with E-state index >= 15 is 0 Å². The molecule has 0 aliphatic heterocycles. The van der Waals surface area contributed by atoms with E-state index in [4.69, 9.17) is 0 Å². The predicted molar refractivity (Wildman–Crippen MR) is 99.4 cm³/mol. The van der Waals surface area contributed by atoms with Gasteiger partial charge < -0.3 is 5.11 Å². The fraction of sp³-hybridized carbons (Fsp3) is 0.333. The van der Waals surface area contributed by atoms with Gasteiger partial charge in [0.2, 0.25) is 0 Å². The van der Waals surface area contributed by atoms with Crippen molar-refractivity contribution in [2.75, 3.05) is 5.75 Å². The molecule has 0 saturated heterocycles. The quantitative estimate of drug-likeness (QED) is 0.833. The van der Waals surface area contributed by atoms with Gasteiger partial charge in [0.15, 0.2) is 0 Å². The molecule has 0 saturated carbocycles. The molecule has 1 N–H and O–H groups in total. The number of aryl methyl sites for hydroxylation is 1. The van der Waals surface area contributed by atoms with Gasteiger partial charge in [0.25, 0.3) is 10.0 Å². The van der Waals surface area contributed by atoms with Crippen molar-refractivity contribution in [1.82, 2.24) is 0 Å². The Morgan fingerprint density at radius 1 is 0.920 bits per heavy atom. The minimum absolute atomic E-state index is 0.0132. The van der Waals surface area contributed by atoms with E-state index in [0.717, 1.165) is 5.56 Å². The van der Waals surface area contributed by atoms with Gasteiger partial charge in [-0.2, -0.15) is 8.42 Å². The number of hydrogen-bond acceptors (Lipinski definition) is 4. The van der Waals surface area contributed by atoms with Crippen molar-refractivity contribution in [3.8, 4) is 0 Å². The minimum atomic E-state index is -4.12. The van der Waals surface area contributed by atoms with E-state index in [9.17, 15) is 17.7 Å². The van der Waals surface area contributed by atoms with Crippen LogP contribution in [0.15, 0.2) is 68.2 Å². The molecule has 2 aromatic rings. The Labute approximate surface area is 150 Å². The zero-order valence-electron chi connectivity index (χ0n) is 14.5. The smallest absolute Gasteiger partial charge is 0.290 e. The van der Waals surface area contributed by atoms with Gasteiger partial charge in [0.05, 0.1) is 26.5 Å². The first kappa shape index (κ1) is 19.6. The third-order valence-corrected chi connectivity index (χ3v) is 8.23. The highest BCUT2D eigenvalue weighted by Gasteiger charge is 2.25. The number of nitrogens with zero attached hydrogens (tertiary/aromatic N) is 1. The molecule has 0 radical (unpaired) electrons. The molecule has 0 heterocycles. The van der Waals surface area contributed by atoms with Crippen molar-refractivity contribution >= 4 is 19.8 Å². The summed E-state index contributed by atoms with van der Waals surface area (Å²) in [5.41, 5.74) is 0.915. The lowest BCUT2D eigenvalue weighted by molar-refractivity contribution is 0.148. The summed E-state index contributed by atoms with van der Waals surface area (Å²) in [6.45, 7) is 5.41. The van der Waals surface area contributed by atoms with Gasteiger partial charge in [-0.15, -0.1) is 3.77 Å². The summed E-state index contributed by atoms with van der Waals surface area (Å²) in [5, 5.41) is 10.2. The van der Waals surface area contributed by atoms with Crippen LogP contribution >= 0.6 is 0 Å². The van der Waals surface area contributed by atoms with Gasteiger partial charge in [-0.1, -0.05) is 49.7 Å². The van der Waals surface area contributed by atoms with E-state index in [0.29, 0.717) is 4.90 Å². The first-order chi connectivity index (χ1) is 11.6. The maximum atomic E-state index is 13.5. The Morgan fingerprint density at radius 3 is 2.00 bits per heavy atom. The highest BCUT2D eigenvalue weighted by Crippen LogP contribution is 2.22. The van der Waals surface area contributed by atoms with Crippen LogP contribution in [-0.2, 0) is 19.8 Å². The molecule has 25 heavy (non-hydrogen) atoms. The van der Waals surface area contributed by atoms with Gasteiger partial charge in [-0.25, -0.2) is 4.21 Å². The Balaban J connectivity index is 2.60. The van der Waals surface area contributed by atoms with Crippen LogP contribution in [0.2, 0.25) is 0 Å². The van der Waals surface area contributed by atoms with Crippen LogP contribution in [0.3, 0.4) is 0 Å². The molecule has 5 nitrogen and oxygen atoms in total. The molecule has 7 heteroatoms. The standard InChI is InChI=1S/C18H23NO4S2/c1-14(2)18(20)13-24(21,16-7-5-4-6-8-16)19-25(22,23)17-11-9-15(3)10-12-17/h4-12,14,18,20H,13H2,1-3H3/t18-,24?/m0/s1. The Bertz CT molecular complexity index is 927. The monoisotopic (exact) mass is 381 g/mol. The number of benzene rings is 2. The molecule has 0 aliphatic rings. The van der Waals surface area contributed by atoms with E-state index < -0.39 is 25.9 Å². The van der Waals surface area contributed by atoms with E-state index in [2.05, 4.69) is 3.77 Å². The lowest BCUT2D eigenvalue weighted by Gasteiger charge is -2.18. The van der Waals surface area contributed by atoms with Crippen LogP contribution in [0.1, 0.15) is 19.4 Å². The van der Waals surface area contributed by atoms with E-state index in [1.54, 1.807) is 56.3 Å². The number of sulfonamides is 1. The zero-order valence-corrected chi connectivity index (χ0v) is 16.1. The van der Waals surface area contributed by atoms with Crippen LogP contribution in [-0.4, -0.2) is 29.6 Å². The van der Waals surface area contributed by atoms with Crippen molar-refractivity contribution < 1.29 is 17.7 Å². The summed E-state index contributed by atoms with van der Waals surface area (Å²) in [4.78, 5) is 0.283. The van der Waals surface area contributed by atoms with Gasteiger partial charge in [0.1, 0.15) is 0 Å². The number of aliphatic hydroxyl groups is 1. The Morgan fingerprint density at radius 2 is 1.48 bits per heavy atom. The lowest BCUT2D eigenvalue weighted by atomic mass is 10.1. The molecule has 0 aliphatic carbocycles. The lowest BCUT2D eigenvalue weighted by Crippen LogP contribution is -2.26. The summed E-state index contributed by atoms with van der Waals surface area (Å²) in [6, 6.07) is 14.4. The van der Waals surface area contributed by atoms with Gasteiger partial charge in [-0.05, 0) is 37.1 Å². The molecule has 0 fully saturated rings. The normalized spacial score (nSPS) is 15.6. The van der Waals surface area contributed by atoms with Gasteiger partial charge >= 0.3 is 0 Å². The van der Waals surface area contributed by atoms with Crippen LogP contribution in [0.25, 0.3) is 0 Å². The van der Waals surface area contributed by atoms with Crippen molar-refractivity contribution in [3.63, 3.8) is 0 Å². The summed E-state index contributed by atoms with van der Waals surface area (Å²) in [6.07, 6.45) is -0.926. The van der Waals surface area contributed by atoms with Crippen LogP contribution in [0.5, 0.6) is 0 Å². The second-order valence-electron chi connectivity index (χ2n) is 6.29. The summed E-state index contributed by atoms with van der Waals surface area (Å²) in [7, 11) is -7.46. The summed E-state index contributed by atoms with van der Waals surface area (Å²) in [5.74, 6) is -0.401. The molecule has 0 spiro atoms. The molecule has 0 bridgehead atoms. The first-order valence-corrected chi connectivity index (χ1v) is 11.1. The summed E-state index contributed by atoms with van der Waals surface area (Å²) >= 11 is 0. The van der Waals surface area contributed by atoms with Crippen molar-refractivity contribution in [2.24, 2.45) is 9.69 Å². The van der Waals surface area contributed by atoms with Crippen LogP contribution in [0.4, 0.5) is 0 Å². The summed E-state index contributed by atoms with van der Waals surface area (Å²) < 4.78 is 42.5. The first-order valence-electron chi connectivity index (χ1n) is 7.95. The zero-order chi connectivity index (χ0) is 18.7. The van der Waals surface area contributed by atoms with Crippen LogP contribution in [0, 0.1) is 12.8 Å². The second-order valence-corrected chi connectivity index (χ2v) is 10.4. The molecule has 2 rings (SSSR count). The Hall–Kier alpha value is -1.70. The SMILES string of the molecule is Cc1ccc(S(=O)(=O)N=S(=O)(C[C@H](O)C(C)C)c2ccccc2)cc1. The predicted octanol–water partition coefficient (Wildman–Crippen LogP) is 3.23. The molecule has 2 aromatic carbocycles. The van der Waals surface area contributed by atoms with Gasteiger partial charge in [-0.3, -0.25) is 0 Å². The number of aliphatic hydroxyl groups excluding tert-OH is 1. The largest absolute Gasteiger partial charge is 0.392 e. The minimum Gasteiger partial charge on any atom is -0.392 e. The molecule has 0 aromatic heterocycles. The highest BCUT2D eigenvalue weighted by atomic mass is 32.3. The molecule has 2 atom stereocenters. The molecular formula is C18H23NO4S2. The van der Waals surface area contributed by atoms with Crippen molar-refractivity contribution in [3.05, 3.63) is 60.2 Å². The number of rotatable bonds is 6. The topological polar surface area (TPSA) is 83.8 Å². The van der Waals surface area contributed by atoms with E-state index in [1.165, 1.54) is 12.1 Å². The van der Waals surface area contributed by atoms with Crippen molar-refractivity contribution in [2.45, 2.75) is 36.7 Å². The Kier molecular flexibility index (Phi) is 6.03. The highest BCUT2D eigenvalue weighted by molar-refractivity contribution is 8.03. The fourth-order valence-electron chi connectivity index (χ4n) is 2.14.